The van der Waals surface area contributed by atoms with E-state index in [1.54, 1.807) is 0 Å². The Balaban J connectivity index is 3.63. The standard InChI is InChI=1S/C8H5BrFNO4/c1-3-4(9)2-5(11(14)15)7(10)6(3)8(12)13/h2H,1H3,(H,12,13). The molecule has 0 heterocycles. The first-order valence-corrected chi connectivity index (χ1v) is 4.51. The van der Waals surface area contributed by atoms with Crippen molar-refractivity contribution in [2.24, 2.45) is 0 Å². The predicted molar refractivity (Wildman–Crippen MR) is 52.5 cm³/mol. The lowest BCUT2D eigenvalue weighted by Gasteiger charge is -2.05. The summed E-state index contributed by atoms with van der Waals surface area (Å²) in [6, 6.07) is 0.942. The van der Waals surface area contributed by atoms with Crippen molar-refractivity contribution < 1.29 is 19.2 Å². The molecular formula is C8H5BrFNO4. The van der Waals surface area contributed by atoms with Crippen molar-refractivity contribution in [3.05, 3.63) is 37.6 Å². The zero-order chi connectivity index (χ0) is 11.7. The molecule has 1 aromatic rings. The summed E-state index contributed by atoms with van der Waals surface area (Å²) in [5.41, 5.74) is -1.42. The summed E-state index contributed by atoms with van der Waals surface area (Å²) in [4.78, 5) is 20.1. The van der Waals surface area contributed by atoms with E-state index < -0.39 is 28.0 Å². The second kappa shape index (κ2) is 3.93. The molecule has 0 aliphatic rings. The van der Waals surface area contributed by atoms with Crippen LogP contribution in [0.4, 0.5) is 10.1 Å². The molecule has 1 N–H and O–H groups in total. The highest BCUT2D eigenvalue weighted by molar-refractivity contribution is 9.10. The maximum atomic E-state index is 13.4. The normalized spacial score (nSPS) is 10.1. The number of halogens is 2. The van der Waals surface area contributed by atoms with Crippen LogP contribution in [0, 0.1) is 22.9 Å². The molecule has 80 valence electrons. The molecule has 0 atom stereocenters. The van der Waals surface area contributed by atoms with Gasteiger partial charge >= 0.3 is 11.7 Å². The van der Waals surface area contributed by atoms with Gasteiger partial charge in [-0.15, -0.1) is 0 Å². The largest absolute Gasteiger partial charge is 0.478 e. The van der Waals surface area contributed by atoms with Crippen LogP contribution in [0.1, 0.15) is 15.9 Å². The fourth-order valence-electron chi connectivity index (χ4n) is 1.09. The van der Waals surface area contributed by atoms with Gasteiger partial charge in [-0.3, -0.25) is 10.1 Å². The highest BCUT2D eigenvalue weighted by Crippen LogP contribution is 2.30. The van der Waals surface area contributed by atoms with Crippen LogP contribution in [0.15, 0.2) is 10.5 Å². The van der Waals surface area contributed by atoms with Crippen molar-refractivity contribution in [1.82, 2.24) is 0 Å². The number of benzene rings is 1. The third-order valence-electron chi connectivity index (χ3n) is 1.85. The Kier molecular flexibility index (Phi) is 3.04. The molecule has 0 saturated carbocycles. The van der Waals surface area contributed by atoms with Crippen LogP contribution in [-0.4, -0.2) is 16.0 Å². The lowest BCUT2D eigenvalue weighted by Crippen LogP contribution is -2.07. The van der Waals surface area contributed by atoms with E-state index in [-0.39, 0.29) is 10.0 Å². The maximum absolute atomic E-state index is 13.4. The molecule has 1 aromatic carbocycles. The van der Waals surface area contributed by atoms with E-state index in [1.807, 2.05) is 0 Å². The maximum Gasteiger partial charge on any atom is 0.339 e. The van der Waals surface area contributed by atoms with Crippen LogP contribution in [0.3, 0.4) is 0 Å². The monoisotopic (exact) mass is 277 g/mol. The molecule has 0 unspecified atom stereocenters. The lowest BCUT2D eigenvalue weighted by atomic mass is 10.1. The van der Waals surface area contributed by atoms with Gasteiger partial charge < -0.3 is 5.11 Å². The summed E-state index contributed by atoms with van der Waals surface area (Å²) >= 11 is 2.93. The summed E-state index contributed by atoms with van der Waals surface area (Å²) in [7, 11) is 0. The number of nitro benzene ring substituents is 1. The molecule has 0 saturated heterocycles. The van der Waals surface area contributed by atoms with Gasteiger partial charge in [-0.25, -0.2) is 4.79 Å². The van der Waals surface area contributed by atoms with Gasteiger partial charge in [-0.2, -0.15) is 4.39 Å². The SMILES string of the molecule is Cc1c(Br)cc([N+](=O)[O-])c(F)c1C(=O)O. The number of hydrogen-bond acceptors (Lipinski definition) is 3. The van der Waals surface area contributed by atoms with Gasteiger partial charge in [0.25, 0.3) is 0 Å². The van der Waals surface area contributed by atoms with Crippen LogP contribution in [0.2, 0.25) is 0 Å². The minimum Gasteiger partial charge on any atom is -0.478 e. The van der Waals surface area contributed by atoms with E-state index in [2.05, 4.69) is 15.9 Å². The first-order valence-electron chi connectivity index (χ1n) is 3.72. The van der Waals surface area contributed by atoms with Crippen molar-refractivity contribution in [3.8, 4) is 0 Å². The van der Waals surface area contributed by atoms with Crippen LogP contribution in [0.25, 0.3) is 0 Å². The first kappa shape index (κ1) is 11.6. The van der Waals surface area contributed by atoms with Gasteiger partial charge in [0, 0.05) is 10.5 Å². The number of aromatic carboxylic acids is 1. The molecule has 0 aliphatic heterocycles. The second-order valence-electron chi connectivity index (χ2n) is 2.75. The van der Waals surface area contributed by atoms with E-state index in [9.17, 15) is 19.3 Å². The second-order valence-corrected chi connectivity index (χ2v) is 3.61. The van der Waals surface area contributed by atoms with Crippen molar-refractivity contribution in [2.45, 2.75) is 6.92 Å². The van der Waals surface area contributed by atoms with Crippen molar-refractivity contribution >= 4 is 27.6 Å². The summed E-state index contributed by atoms with van der Waals surface area (Å²) in [6.07, 6.45) is 0. The summed E-state index contributed by atoms with van der Waals surface area (Å²) in [5.74, 6) is -2.86. The Labute approximate surface area is 91.8 Å². The van der Waals surface area contributed by atoms with Crippen LogP contribution < -0.4 is 0 Å². The lowest BCUT2D eigenvalue weighted by molar-refractivity contribution is -0.387. The first-order chi connectivity index (χ1) is 6.86. The average molecular weight is 278 g/mol. The van der Waals surface area contributed by atoms with E-state index in [0.29, 0.717) is 0 Å². The molecule has 0 spiro atoms. The summed E-state index contributed by atoms with van der Waals surface area (Å²) in [5, 5.41) is 19.1. The number of carbonyl (C=O) groups is 1. The molecule has 0 fully saturated rings. The summed E-state index contributed by atoms with van der Waals surface area (Å²) < 4.78 is 13.6. The van der Waals surface area contributed by atoms with Crippen LogP contribution >= 0.6 is 15.9 Å². The van der Waals surface area contributed by atoms with E-state index in [4.69, 9.17) is 5.11 Å². The van der Waals surface area contributed by atoms with Crippen molar-refractivity contribution in [3.63, 3.8) is 0 Å². The van der Waals surface area contributed by atoms with Crippen LogP contribution in [-0.2, 0) is 0 Å². The number of rotatable bonds is 2. The Morgan fingerprint density at radius 3 is 2.60 bits per heavy atom. The average Bonchev–Trinajstić information content (AvgIpc) is 2.10. The molecule has 5 nitrogen and oxygen atoms in total. The third kappa shape index (κ3) is 1.96. The number of nitrogens with zero attached hydrogens (tertiary/aromatic N) is 1. The Hall–Kier alpha value is -1.50. The minimum absolute atomic E-state index is 0.116. The van der Waals surface area contributed by atoms with E-state index in [1.165, 1.54) is 6.92 Å². The predicted octanol–water partition coefficient (Wildman–Crippen LogP) is 2.50. The molecule has 7 heteroatoms. The van der Waals surface area contributed by atoms with Gasteiger partial charge in [0.1, 0.15) is 5.56 Å². The third-order valence-corrected chi connectivity index (χ3v) is 2.68. The molecule has 0 aromatic heterocycles. The Bertz CT molecular complexity index is 460. The number of carboxylic acids is 1. The van der Waals surface area contributed by atoms with Crippen molar-refractivity contribution in [1.29, 1.82) is 0 Å². The quantitative estimate of drug-likeness (QED) is 0.665. The van der Waals surface area contributed by atoms with E-state index >= 15 is 0 Å². The molecule has 0 amide bonds. The smallest absolute Gasteiger partial charge is 0.339 e. The molecule has 1 rings (SSSR count). The molecule has 0 radical (unpaired) electrons. The van der Waals surface area contributed by atoms with Gasteiger partial charge in [-0.05, 0) is 12.5 Å². The molecule has 0 aliphatic carbocycles. The number of nitro groups is 1. The van der Waals surface area contributed by atoms with Crippen molar-refractivity contribution in [2.75, 3.05) is 0 Å². The fraction of sp³-hybridized carbons (Fsp3) is 0.125. The number of hydrogen-bond donors (Lipinski definition) is 1. The molecule has 0 bridgehead atoms. The van der Waals surface area contributed by atoms with Gasteiger partial charge in [-0.1, -0.05) is 15.9 Å². The minimum atomic E-state index is -1.53. The van der Waals surface area contributed by atoms with Gasteiger partial charge in [0.15, 0.2) is 0 Å². The molecule has 15 heavy (non-hydrogen) atoms. The highest BCUT2D eigenvalue weighted by atomic mass is 79.9. The Morgan fingerprint density at radius 2 is 2.20 bits per heavy atom. The molecular weight excluding hydrogens is 273 g/mol. The highest BCUT2D eigenvalue weighted by Gasteiger charge is 2.26. The Morgan fingerprint density at radius 1 is 1.67 bits per heavy atom. The van der Waals surface area contributed by atoms with Gasteiger partial charge in [0.2, 0.25) is 5.82 Å². The van der Waals surface area contributed by atoms with E-state index in [0.717, 1.165) is 6.07 Å². The van der Waals surface area contributed by atoms with Crippen LogP contribution in [0.5, 0.6) is 0 Å². The topological polar surface area (TPSA) is 80.4 Å². The zero-order valence-corrected chi connectivity index (χ0v) is 9.04. The summed E-state index contributed by atoms with van der Waals surface area (Å²) in [6.45, 7) is 1.36. The number of carboxylic acid groups (broad SMARTS) is 1. The zero-order valence-electron chi connectivity index (χ0n) is 7.45. The fourth-order valence-corrected chi connectivity index (χ4v) is 1.51. The van der Waals surface area contributed by atoms with Gasteiger partial charge in [0.05, 0.1) is 4.92 Å².